The van der Waals surface area contributed by atoms with Gasteiger partial charge in [-0.15, -0.1) is 0 Å². The number of aliphatic hydroxyl groups is 2. The molecule has 0 aromatic heterocycles. The Kier molecular flexibility index (Phi) is 34.9. The molecule has 2 unspecified atom stereocenters. The molecule has 0 aliphatic rings. The minimum Gasteiger partial charge on any atom is -0.466 e. The Labute approximate surface area is 284 Å². The second-order valence-electron chi connectivity index (χ2n) is 13.2. The van der Waals surface area contributed by atoms with Crippen molar-refractivity contribution in [2.24, 2.45) is 0 Å². The van der Waals surface area contributed by atoms with E-state index >= 15 is 0 Å². The Morgan fingerprint density at radius 3 is 1.26 bits per heavy atom. The van der Waals surface area contributed by atoms with Crippen molar-refractivity contribution in [3.8, 4) is 0 Å². The van der Waals surface area contributed by atoms with Crippen molar-refractivity contribution in [3.63, 3.8) is 0 Å². The minimum atomic E-state index is -0.192. The van der Waals surface area contributed by atoms with E-state index in [1.165, 1.54) is 51.4 Å². The van der Waals surface area contributed by atoms with E-state index in [0.717, 1.165) is 116 Å². The third-order valence-corrected chi connectivity index (χ3v) is 8.50. The fourth-order valence-electron chi connectivity index (χ4n) is 5.44. The van der Waals surface area contributed by atoms with Crippen LogP contribution in [-0.4, -0.2) is 47.6 Å². The van der Waals surface area contributed by atoms with Gasteiger partial charge in [0.2, 0.25) is 0 Å². The summed E-state index contributed by atoms with van der Waals surface area (Å²) in [4.78, 5) is 23.9. The van der Waals surface area contributed by atoms with Crippen LogP contribution in [0.15, 0.2) is 24.3 Å². The number of aliphatic hydroxyl groups excluding tert-OH is 2. The number of esters is 2. The summed E-state index contributed by atoms with van der Waals surface area (Å²) >= 11 is 0. The second-order valence-corrected chi connectivity index (χ2v) is 13.2. The zero-order valence-electron chi connectivity index (χ0n) is 30.2. The molecule has 0 spiro atoms. The van der Waals surface area contributed by atoms with E-state index in [-0.39, 0.29) is 24.1 Å². The van der Waals surface area contributed by atoms with E-state index in [1.807, 2.05) is 0 Å². The standard InChI is InChI=1S/C40H74O6/c1-3-5-7-21-29-37(41)31-23-17-13-9-11-15-19-25-33-39(43)45-35-27-28-36-46-40(44)34-26-20-16-12-10-14-18-24-32-38(42)30-22-8-6-4-2/h17-18,23-24,37-38,41-42H,3-16,19-22,25-36H2,1-2H3. The summed E-state index contributed by atoms with van der Waals surface area (Å²) in [5.41, 5.74) is 0. The van der Waals surface area contributed by atoms with E-state index in [9.17, 15) is 19.8 Å². The van der Waals surface area contributed by atoms with E-state index in [2.05, 4.69) is 38.2 Å². The number of hydrogen-bond acceptors (Lipinski definition) is 6. The lowest BCUT2D eigenvalue weighted by Crippen LogP contribution is -2.08. The van der Waals surface area contributed by atoms with Gasteiger partial charge in [-0.2, -0.15) is 0 Å². The van der Waals surface area contributed by atoms with Gasteiger partial charge < -0.3 is 19.7 Å². The van der Waals surface area contributed by atoms with Crippen LogP contribution in [0.3, 0.4) is 0 Å². The molecule has 46 heavy (non-hydrogen) atoms. The number of allylic oxidation sites excluding steroid dienone is 2. The first-order chi connectivity index (χ1) is 22.5. The molecular formula is C40H74O6. The molecule has 0 aromatic carbocycles. The molecule has 0 rings (SSSR count). The highest BCUT2D eigenvalue weighted by molar-refractivity contribution is 5.69. The van der Waals surface area contributed by atoms with E-state index < -0.39 is 0 Å². The number of rotatable bonds is 35. The van der Waals surface area contributed by atoms with Crippen molar-refractivity contribution < 1.29 is 29.3 Å². The van der Waals surface area contributed by atoms with Crippen LogP contribution in [0.5, 0.6) is 0 Å². The molecule has 2 N–H and O–H groups in total. The van der Waals surface area contributed by atoms with Crippen LogP contribution in [0.4, 0.5) is 0 Å². The summed E-state index contributed by atoms with van der Waals surface area (Å²) in [6.07, 6.45) is 36.6. The van der Waals surface area contributed by atoms with Crippen molar-refractivity contribution in [3.05, 3.63) is 24.3 Å². The van der Waals surface area contributed by atoms with Crippen molar-refractivity contribution in [1.82, 2.24) is 0 Å². The highest BCUT2D eigenvalue weighted by atomic mass is 16.5. The molecule has 6 heteroatoms. The smallest absolute Gasteiger partial charge is 0.305 e. The van der Waals surface area contributed by atoms with E-state index in [1.54, 1.807) is 0 Å². The van der Waals surface area contributed by atoms with Gasteiger partial charge >= 0.3 is 11.9 Å². The summed E-state index contributed by atoms with van der Waals surface area (Å²) in [5, 5.41) is 20.0. The molecule has 0 aliphatic heterocycles. The van der Waals surface area contributed by atoms with Crippen molar-refractivity contribution in [2.45, 2.75) is 206 Å². The summed E-state index contributed by atoms with van der Waals surface area (Å²) in [5.74, 6) is -0.257. The molecule has 0 heterocycles. The molecule has 0 fully saturated rings. The fraction of sp³-hybridized carbons (Fsp3) is 0.850. The Bertz CT molecular complexity index is 659. The fourth-order valence-corrected chi connectivity index (χ4v) is 5.44. The summed E-state index contributed by atoms with van der Waals surface area (Å²) in [7, 11) is 0. The van der Waals surface area contributed by atoms with Gasteiger partial charge in [0, 0.05) is 12.8 Å². The number of hydrogen-bond donors (Lipinski definition) is 2. The van der Waals surface area contributed by atoms with Gasteiger partial charge in [-0.05, 0) is 77.0 Å². The van der Waals surface area contributed by atoms with Gasteiger partial charge in [-0.25, -0.2) is 0 Å². The average Bonchev–Trinajstić information content (AvgIpc) is 3.04. The van der Waals surface area contributed by atoms with Crippen molar-refractivity contribution >= 4 is 11.9 Å². The Hall–Kier alpha value is -1.66. The van der Waals surface area contributed by atoms with Gasteiger partial charge in [0.1, 0.15) is 0 Å². The first-order valence-corrected chi connectivity index (χ1v) is 19.5. The predicted octanol–water partition coefficient (Wildman–Crippen LogP) is 10.9. The minimum absolute atomic E-state index is 0.129. The summed E-state index contributed by atoms with van der Waals surface area (Å²) < 4.78 is 10.6. The lowest BCUT2D eigenvalue weighted by atomic mass is 10.1. The van der Waals surface area contributed by atoms with E-state index in [0.29, 0.717) is 26.1 Å². The normalized spacial score (nSPS) is 13.0. The molecular weight excluding hydrogens is 576 g/mol. The third-order valence-electron chi connectivity index (χ3n) is 8.50. The van der Waals surface area contributed by atoms with Gasteiger partial charge in [-0.3, -0.25) is 9.59 Å². The molecule has 0 amide bonds. The second kappa shape index (κ2) is 36.2. The van der Waals surface area contributed by atoms with Crippen LogP contribution in [-0.2, 0) is 19.1 Å². The average molecular weight is 651 g/mol. The van der Waals surface area contributed by atoms with Crippen LogP contribution in [0.25, 0.3) is 0 Å². The van der Waals surface area contributed by atoms with Gasteiger partial charge in [0.25, 0.3) is 0 Å². The molecule has 0 saturated heterocycles. The van der Waals surface area contributed by atoms with Crippen LogP contribution in [0.1, 0.15) is 194 Å². The van der Waals surface area contributed by atoms with Gasteiger partial charge in [0.15, 0.2) is 0 Å². The van der Waals surface area contributed by atoms with Crippen LogP contribution in [0, 0.1) is 0 Å². The topological polar surface area (TPSA) is 93.1 Å². The molecule has 0 aliphatic carbocycles. The number of carbonyl (C=O) groups is 2. The van der Waals surface area contributed by atoms with Crippen LogP contribution < -0.4 is 0 Å². The molecule has 0 radical (unpaired) electrons. The molecule has 0 aromatic rings. The number of unbranched alkanes of at least 4 members (excludes halogenated alkanes) is 17. The Balaban J connectivity index is 3.41. The van der Waals surface area contributed by atoms with Crippen LogP contribution >= 0.6 is 0 Å². The van der Waals surface area contributed by atoms with Gasteiger partial charge in [-0.1, -0.05) is 128 Å². The zero-order chi connectivity index (χ0) is 33.8. The third kappa shape index (κ3) is 35.2. The molecule has 270 valence electrons. The van der Waals surface area contributed by atoms with E-state index in [4.69, 9.17) is 9.47 Å². The maximum atomic E-state index is 11.9. The maximum absolute atomic E-state index is 11.9. The highest BCUT2D eigenvalue weighted by Crippen LogP contribution is 2.13. The summed E-state index contributed by atoms with van der Waals surface area (Å²) in [6.45, 7) is 5.20. The van der Waals surface area contributed by atoms with Gasteiger partial charge in [0.05, 0.1) is 25.4 Å². The first-order valence-electron chi connectivity index (χ1n) is 19.5. The number of carbonyl (C=O) groups excluding carboxylic acids is 2. The van der Waals surface area contributed by atoms with Crippen LogP contribution in [0.2, 0.25) is 0 Å². The van der Waals surface area contributed by atoms with Crippen molar-refractivity contribution in [1.29, 1.82) is 0 Å². The lowest BCUT2D eigenvalue weighted by molar-refractivity contribution is -0.146. The monoisotopic (exact) mass is 651 g/mol. The highest BCUT2D eigenvalue weighted by Gasteiger charge is 2.05. The quantitative estimate of drug-likeness (QED) is 0.0403. The number of ether oxygens (including phenoxy) is 2. The molecule has 0 saturated carbocycles. The largest absolute Gasteiger partial charge is 0.466 e. The molecule has 6 nitrogen and oxygen atoms in total. The molecule has 0 bridgehead atoms. The zero-order valence-corrected chi connectivity index (χ0v) is 30.2. The summed E-state index contributed by atoms with van der Waals surface area (Å²) in [6, 6.07) is 0. The Morgan fingerprint density at radius 1 is 0.478 bits per heavy atom. The molecule has 2 atom stereocenters. The predicted molar refractivity (Wildman–Crippen MR) is 193 cm³/mol. The first kappa shape index (κ1) is 44.3. The Morgan fingerprint density at radius 2 is 0.848 bits per heavy atom. The van der Waals surface area contributed by atoms with Crippen molar-refractivity contribution in [2.75, 3.05) is 13.2 Å². The maximum Gasteiger partial charge on any atom is 0.305 e. The SMILES string of the molecule is CCCCCCC(O)CC=CCCCCCCCC(=O)OCCCCOC(=O)CCCCCCCC=CCC(O)CCCCCC. The lowest BCUT2D eigenvalue weighted by Gasteiger charge is -2.07.